The maximum absolute atomic E-state index is 13.1. The molecule has 12 bridgehead atoms. The van der Waals surface area contributed by atoms with E-state index >= 15 is 0 Å². The number of hydrogen-bond acceptors (Lipinski definition) is 22. The van der Waals surface area contributed by atoms with Crippen LogP contribution in [-0.4, -0.2) is 215 Å². The molecule has 6 amide bonds. The Labute approximate surface area is 610 Å². The van der Waals surface area contributed by atoms with Gasteiger partial charge in [0.2, 0.25) is 0 Å². The highest BCUT2D eigenvalue weighted by Crippen LogP contribution is 2.30. The van der Waals surface area contributed by atoms with Crippen LogP contribution in [0.3, 0.4) is 0 Å². The van der Waals surface area contributed by atoms with Crippen LogP contribution in [0.1, 0.15) is 139 Å². The summed E-state index contributed by atoms with van der Waals surface area (Å²) in [5.41, 5.74) is 6.11. The molecule has 105 heavy (non-hydrogen) atoms. The lowest BCUT2D eigenvalue weighted by Crippen LogP contribution is -2.31. The van der Waals surface area contributed by atoms with Crippen LogP contribution in [-0.2, 0) is 54.5 Å². The summed E-state index contributed by atoms with van der Waals surface area (Å²) in [6.45, 7) is 6.24. The molecule has 3 fully saturated rings. The third kappa shape index (κ3) is 19.2. The van der Waals surface area contributed by atoms with Crippen LogP contribution in [0.15, 0.2) is 110 Å². The molecule has 1 unspecified atom stereocenters. The number of hydrogen-bond donors (Lipinski definition) is 6. The molecule has 3 saturated heterocycles. The normalized spacial score (nSPS) is 19.4. The van der Waals surface area contributed by atoms with Crippen molar-refractivity contribution < 1.29 is 55.6 Å². The Kier molecular flexibility index (Phi) is 24.1. The third-order valence-corrected chi connectivity index (χ3v) is 22.3. The molecule has 0 aromatic carbocycles. The van der Waals surface area contributed by atoms with Gasteiger partial charge in [-0.2, -0.15) is 42.4 Å². The van der Waals surface area contributed by atoms with E-state index in [0.29, 0.717) is 118 Å². The zero-order chi connectivity index (χ0) is 72.7. The summed E-state index contributed by atoms with van der Waals surface area (Å²) in [5.74, 6) is -0.206. The van der Waals surface area contributed by atoms with Crippen LogP contribution >= 0.6 is 11.8 Å². The molecule has 0 spiro atoms. The molecule has 0 aliphatic carbocycles. The van der Waals surface area contributed by atoms with Crippen molar-refractivity contribution in [3.8, 4) is 33.8 Å². The van der Waals surface area contributed by atoms with E-state index in [1.54, 1.807) is 121 Å². The summed E-state index contributed by atoms with van der Waals surface area (Å²) < 4.78 is 64.1. The zero-order valence-corrected chi connectivity index (χ0v) is 60.0. The quantitative estimate of drug-likeness (QED) is 0.126. The monoisotopic (exact) mass is 1490 g/mol. The summed E-state index contributed by atoms with van der Waals surface area (Å²) >= 11 is 1.78. The standard InChI is InChI=1S/C23H27N7O5S.C23H27N7O4S.C23H27N7O3S/c31-22-19-4-1-3-18(26-19)16-13-25-29(14-16)8-2-11-36(33,34)12-7-24-23(32)21-20(27-22)15-30(28-21)17-5-9-35-10-6-17;31-22-19-4-1-3-18(26-19)16-13-25-29(14-16)8-2-11-35(33)12-7-24-23(32)21-20(27-22)15-30(28-21)17-5-9-34-10-6-17;31-22-19-4-1-3-18(26-19)16-13-25-29(14-16)8-2-11-34-12-7-24-23(32)21-20(27-22)15-30(28-21)17-5-9-33-10-6-17/h1,3-4,13-15,17H,2,5-12H2,(H,24,32)(H,27,31);1,3-4,13-15,17H,2,5-12H2,(H,24,32)(H,27,31);1,3-4,13-15,17H,2,5-12H2,(H,24,32)(H,27,31). The first kappa shape index (κ1) is 73.2. The fraction of sp³-hybridized carbons (Fsp3) is 0.435. The number of nitrogens with one attached hydrogen (secondary N) is 6. The first-order valence-corrected chi connectivity index (χ1v) is 39.5. The zero-order valence-electron chi connectivity index (χ0n) is 57.5. The van der Waals surface area contributed by atoms with Crippen molar-refractivity contribution in [1.82, 2.24) is 89.6 Å². The van der Waals surface area contributed by atoms with E-state index < -0.39 is 50.2 Å². The van der Waals surface area contributed by atoms with Gasteiger partial charge in [-0.15, -0.1) is 0 Å². The average Bonchev–Trinajstić information content (AvgIpc) is 1.68. The summed E-state index contributed by atoms with van der Waals surface area (Å²) in [6, 6.07) is 15.8. The van der Waals surface area contributed by atoms with Crippen molar-refractivity contribution in [3.05, 3.63) is 145 Å². The van der Waals surface area contributed by atoms with Crippen molar-refractivity contribution >= 4 is 84.9 Å². The lowest BCUT2D eigenvalue weighted by molar-refractivity contribution is 0.0659. The Morgan fingerprint density at radius 3 is 1.21 bits per heavy atom. The van der Waals surface area contributed by atoms with Crippen LogP contribution in [0.5, 0.6) is 0 Å². The van der Waals surface area contributed by atoms with Crippen molar-refractivity contribution in [2.45, 2.75) is 95.5 Å². The molecule has 1 atom stereocenters. The topological polar surface area (TPSA) is 399 Å². The number of pyridine rings is 3. The third-order valence-electron chi connectivity index (χ3n) is 18.1. The molecule has 6 aliphatic rings. The second kappa shape index (κ2) is 34.6. The number of sulfone groups is 1. The molecule has 9 aromatic rings. The van der Waals surface area contributed by atoms with Gasteiger partial charge in [-0.25, -0.2) is 23.4 Å². The summed E-state index contributed by atoms with van der Waals surface area (Å²) in [4.78, 5) is 91.7. The number of ether oxygens (including phenoxy) is 3. The summed E-state index contributed by atoms with van der Waals surface area (Å²) in [7, 11) is -4.45. The Morgan fingerprint density at radius 2 is 0.790 bits per heavy atom. The number of thioether (sulfide) groups is 1. The molecular formula is C69H81N21O12S3. The van der Waals surface area contributed by atoms with Gasteiger partial charge in [-0.05, 0) is 99.9 Å². The number of aryl methyl sites for hydroxylation is 3. The first-order chi connectivity index (χ1) is 51.1. The summed E-state index contributed by atoms with van der Waals surface area (Å²) in [6.07, 6.45) is 22.4. The van der Waals surface area contributed by atoms with Crippen LogP contribution in [0.2, 0.25) is 0 Å². The van der Waals surface area contributed by atoms with Gasteiger partial charge in [-0.1, -0.05) is 18.2 Å². The van der Waals surface area contributed by atoms with Gasteiger partial charge in [0.15, 0.2) is 26.9 Å². The molecule has 6 N–H and O–H groups in total. The molecule has 0 radical (unpaired) electrons. The molecule has 552 valence electrons. The second-order valence-electron chi connectivity index (χ2n) is 25.6. The van der Waals surface area contributed by atoms with Crippen LogP contribution < -0.4 is 31.9 Å². The first-order valence-electron chi connectivity index (χ1n) is 35.0. The minimum absolute atomic E-state index is 0.0192. The fourth-order valence-electron chi connectivity index (χ4n) is 12.5. The van der Waals surface area contributed by atoms with E-state index in [-0.39, 0.29) is 88.5 Å². The van der Waals surface area contributed by atoms with Crippen molar-refractivity contribution in [3.63, 3.8) is 0 Å². The molecule has 33 nitrogen and oxygen atoms in total. The number of rotatable bonds is 3. The molecular weight excluding hydrogens is 1410 g/mol. The lowest BCUT2D eigenvalue weighted by Gasteiger charge is -2.22. The van der Waals surface area contributed by atoms with Crippen molar-refractivity contribution in [2.24, 2.45) is 0 Å². The van der Waals surface area contributed by atoms with Crippen LogP contribution in [0, 0.1) is 0 Å². The number of amides is 6. The predicted molar refractivity (Wildman–Crippen MR) is 389 cm³/mol. The van der Waals surface area contributed by atoms with Gasteiger partial charge in [0.25, 0.3) is 35.4 Å². The second-order valence-corrected chi connectivity index (χ2v) is 30.9. The SMILES string of the molecule is O=C1Nc2cn(C3CCOCC3)nc2C(=O)NCCS(=O)(=O)CCCn2cc(cn2)-c2cccc1n2.O=C1Nc2cn(C3CCOCC3)nc2C(=O)NCCS(=O)CCCn2cc(cn2)-c2cccc1n2.O=C1Nc2cn(C3CCOCC3)nc2C(=O)NCCSCCCn2cc(cn2)-c2cccc1n2. The molecule has 36 heteroatoms. The maximum atomic E-state index is 13.1. The number of fused-ring (bicyclic) bond motifs is 18. The van der Waals surface area contributed by atoms with Crippen molar-refractivity contribution in [2.75, 3.05) is 110 Å². The predicted octanol–water partition coefficient (Wildman–Crippen LogP) is 5.53. The number of carbonyl (C=O) groups excluding carboxylic acids is 6. The van der Waals surface area contributed by atoms with E-state index in [2.05, 4.69) is 77.4 Å². The molecule has 0 saturated carbocycles. The smallest absolute Gasteiger partial charge is 0.274 e. The highest BCUT2D eigenvalue weighted by atomic mass is 32.2. The molecule has 15 rings (SSSR count). The highest BCUT2D eigenvalue weighted by molar-refractivity contribution is 7.99. The Bertz CT molecular complexity index is 4720. The van der Waals surface area contributed by atoms with Gasteiger partial charge in [0.05, 0.1) is 82.4 Å². The minimum Gasteiger partial charge on any atom is -0.381 e. The van der Waals surface area contributed by atoms with Gasteiger partial charge >= 0.3 is 0 Å². The van der Waals surface area contributed by atoms with Gasteiger partial charge < -0.3 is 46.1 Å². The van der Waals surface area contributed by atoms with E-state index in [9.17, 15) is 41.4 Å². The number of nitrogens with zero attached hydrogens (tertiary/aromatic N) is 15. The largest absolute Gasteiger partial charge is 0.381 e. The van der Waals surface area contributed by atoms with Gasteiger partial charge in [-0.3, -0.25) is 61.1 Å². The minimum atomic E-state index is -3.38. The Balaban J connectivity index is 0.000000140. The number of anilines is 3. The van der Waals surface area contributed by atoms with E-state index in [1.807, 2.05) is 29.2 Å². The number of carbonyl (C=O) groups is 6. The van der Waals surface area contributed by atoms with Crippen LogP contribution in [0.25, 0.3) is 33.8 Å². The average molecular weight is 1490 g/mol. The summed E-state index contributed by atoms with van der Waals surface area (Å²) in [5, 5.41) is 43.4. The fourth-order valence-corrected chi connectivity index (χ4v) is 15.5. The highest BCUT2D eigenvalue weighted by Gasteiger charge is 2.29. The maximum Gasteiger partial charge on any atom is 0.274 e. The van der Waals surface area contributed by atoms with E-state index in [4.69, 9.17) is 14.2 Å². The Morgan fingerprint density at radius 1 is 0.419 bits per heavy atom. The number of aromatic nitrogens is 15. The molecule has 9 aromatic heterocycles. The Hall–Kier alpha value is -10.1. The van der Waals surface area contributed by atoms with E-state index in [1.165, 1.54) is 0 Å². The van der Waals surface area contributed by atoms with Gasteiger partial charge in [0, 0.05) is 161 Å². The lowest BCUT2D eigenvalue weighted by atomic mass is 10.1. The molecule has 15 heterocycles. The molecule has 6 aliphatic heterocycles. The van der Waals surface area contributed by atoms with Crippen molar-refractivity contribution in [1.29, 1.82) is 0 Å². The van der Waals surface area contributed by atoms with Crippen LogP contribution in [0.4, 0.5) is 17.1 Å². The van der Waals surface area contributed by atoms with E-state index in [0.717, 1.165) is 74.1 Å². The van der Waals surface area contributed by atoms with Gasteiger partial charge in [0.1, 0.15) is 17.1 Å².